The Morgan fingerprint density at radius 2 is 2.21 bits per heavy atom. The molecule has 3 unspecified atom stereocenters. The molecule has 1 saturated carbocycles. The van der Waals surface area contributed by atoms with Crippen molar-refractivity contribution < 1.29 is 4.74 Å². The molecule has 0 amide bonds. The lowest BCUT2D eigenvalue weighted by Gasteiger charge is -2.36. The summed E-state index contributed by atoms with van der Waals surface area (Å²) < 4.78 is 5.42. The van der Waals surface area contributed by atoms with Gasteiger partial charge in [0.15, 0.2) is 0 Å². The third kappa shape index (κ3) is 1.99. The van der Waals surface area contributed by atoms with E-state index < -0.39 is 0 Å². The minimum atomic E-state index is 0.386. The van der Waals surface area contributed by atoms with Crippen LogP contribution in [0.2, 0.25) is 0 Å². The van der Waals surface area contributed by atoms with Crippen LogP contribution in [0.15, 0.2) is 22.8 Å². The van der Waals surface area contributed by atoms with Gasteiger partial charge in [-0.3, -0.25) is 4.90 Å². The topological polar surface area (TPSA) is 24.5 Å². The van der Waals surface area contributed by atoms with Crippen LogP contribution in [-0.2, 0) is 4.74 Å². The largest absolute Gasteiger partial charge is 0.379 e. The summed E-state index contributed by atoms with van der Waals surface area (Å²) in [4.78, 5) is 2.46. The number of hydrogen-bond acceptors (Lipinski definition) is 3. The molecule has 3 fully saturated rings. The van der Waals surface area contributed by atoms with Crippen LogP contribution in [0.3, 0.4) is 0 Å². The molecule has 2 aliphatic carbocycles. The fourth-order valence-corrected chi connectivity index (χ4v) is 4.35. The molecule has 2 aliphatic heterocycles. The van der Waals surface area contributed by atoms with Crippen molar-refractivity contribution >= 4 is 11.6 Å². The zero-order valence-corrected chi connectivity index (χ0v) is 12.0. The summed E-state index contributed by atoms with van der Waals surface area (Å²) in [6.07, 6.45) is 7.13. The molecular formula is C15H21ClN2O. The first-order chi connectivity index (χ1) is 9.29. The zero-order valence-electron chi connectivity index (χ0n) is 11.2. The molecule has 0 bridgehead atoms. The highest BCUT2D eigenvalue weighted by molar-refractivity contribution is 6.30. The minimum absolute atomic E-state index is 0.386. The molecule has 4 aliphatic rings. The van der Waals surface area contributed by atoms with Crippen LogP contribution in [0, 0.1) is 11.3 Å². The van der Waals surface area contributed by atoms with Gasteiger partial charge in [-0.2, -0.15) is 0 Å². The van der Waals surface area contributed by atoms with E-state index in [1.54, 1.807) is 0 Å². The fraction of sp³-hybridized carbons (Fsp3) is 0.733. The average Bonchev–Trinajstić information content (AvgIpc) is 3.02. The number of ether oxygens (including phenoxy) is 1. The molecule has 19 heavy (non-hydrogen) atoms. The Bertz CT molecular complexity index is 441. The Balaban J connectivity index is 1.49. The van der Waals surface area contributed by atoms with Crippen molar-refractivity contribution in [2.24, 2.45) is 11.3 Å². The van der Waals surface area contributed by atoms with Gasteiger partial charge in [0.05, 0.1) is 13.2 Å². The third-order valence-electron chi connectivity index (χ3n) is 5.30. The smallest absolute Gasteiger partial charge is 0.0594 e. The summed E-state index contributed by atoms with van der Waals surface area (Å²) in [5, 5.41) is 4.54. The van der Waals surface area contributed by atoms with Crippen molar-refractivity contribution in [3.05, 3.63) is 22.8 Å². The summed E-state index contributed by atoms with van der Waals surface area (Å²) in [6.45, 7) is 6.03. The second kappa shape index (κ2) is 4.59. The lowest BCUT2D eigenvalue weighted by Crippen LogP contribution is -2.44. The van der Waals surface area contributed by atoms with Crippen LogP contribution in [-0.4, -0.2) is 50.3 Å². The lowest BCUT2D eigenvalue weighted by molar-refractivity contribution is 0.0250. The Morgan fingerprint density at radius 1 is 1.37 bits per heavy atom. The van der Waals surface area contributed by atoms with E-state index in [-0.39, 0.29) is 0 Å². The van der Waals surface area contributed by atoms with E-state index in [4.69, 9.17) is 16.3 Å². The van der Waals surface area contributed by atoms with E-state index in [1.165, 1.54) is 18.5 Å². The molecule has 0 spiro atoms. The maximum atomic E-state index is 6.59. The van der Waals surface area contributed by atoms with Gasteiger partial charge >= 0.3 is 0 Å². The van der Waals surface area contributed by atoms with Gasteiger partial charge in [0.1, 0.15) is 0 Å². The van der Waals surface area contributed by atoms with Crippen LogP contribution >= 0.6 is 11.6 Å². The first-order valence-electron chi connectivity index (χ1n) is 7.40. The van der Waals surface area contributed by atoms with Gasteiger partial charge in [-0.05, 0) is 37.0 Å². The monoisotopic (exact) mass is 280 g/mol. The second-order valence-corrected chi connectivity index (χ2v) is 6.71. The van der Waals surface area contributed by atoms with E-state index in [0.717, 1.165) is 50.2 Å². The molecule has 0 aromatic heterocycles. The van der Waals surface area contributed by atoms with Crippen molar-refractivity contribution in [1.29, 1.82) is 0 Å². The zero-order chi connectivity index (χ0) is 12.9. The van der Waals surface area contributed by atoms with Gasteiger partial charge in [0, 0.05) is 36.1 Å². The Labute approximate surface area is 119 Å². The first-order valence-corrected chi connectivity index (χ1v) is 7.78. The molecule has 2 heterocycles. The predicted octanol–water partition coefficient (Wildman–Crippen LogP) is 1.75. The van der Waals surface area contributed by atoms with E-state index in [1.807, 2.05) is 0 Å². The number of rotatable bonds is 2. The number of allylic oxidation sites excluding steroid dienone is 1. The van der Waals surface area contributed by atoms with E-state index in [0.29, 0.717) is 11.5 Å². The molecule has 104 valence electrons. The summed E-state index contributed by atoms with van der Waals surface area (Å²) >= 11 is 6.59. The number of nitrogens with one attached hydrogen (secondary N) is 1. The summed E-state index contributed by atoms with van der Waals surface area (Å²) in [5.74, 6) is 0.861. The van der Waals surface area contributed by atoms with Crippen molar-refractivity contribution in [2.75, 3.05) is 39.4 Å². The van der Waals surface area contributed by atoms with Crippen LogP contribution in [0.4, 0.5) is 0 Å². The Hall–Kier alpha value is -0.350. The number of nitrogens with zero attached hydrogens (tertiary/aromatic N) is 1. The molecule has 2 saturated heterocycles. The maximum Gasteiger partial charge on any atom is 0.0594 e. The van der Waals surface area contributed by atoms with E-state index in [9.17, 15) is 0 Å². The van der Waals surface area contributed by atoms with Crippen molar-refractivity contribution in [3.8, 4) is 0 Å². The molecule has 3 nitrogen and oxygen atoms in total. The van der Waals surface area contributed by atoms with E-state index in [2.05, 4.69) is 22.4 Å². The Morgan fingerprint density at radius 3 is 2.84 bits per heavy atom. The third-order valence-corrected chi connectivity index (χ3v) is 5.66. The van der Waals surface area contributed by atoms with Crippen LogP contribution in [0.5, 0.6) is 0 Å². The first kappa shape index (κ1) is 12.4. The van der Waals surface area contributed by atoms with Gasteiger partial charge in [-0.1, -0.05) is 17.7 Å². The maximum absolute atomic E-state index is 6.59. The number of piperidine rings is 1. The second-order valence-electron chi connectivity index (χ2n) is 6.28. The quantitative estimate of drug-likeness (QED) is 0.834. The average molecular weight is 281 g/mol. The highest BCUT2D eigenvalue weighted by Crippen LogP contribution is 2.61. The molecule has 4 heteroatoms. The number of morpholine rings is 1. The Kier molecular flexibility index (Phi) is 2.99. The molecule has 1 N–H and O–H groups in total. The van der Waals surface area contributed by atoms with E-state index >= 15 is 0 Å². The predicted molar refractivity (Wildman–Crippen MR) is 76.2 cm³/mol. The summed E-state index contributed by atoms with van der Waals surface area (Å²) in [6, 6.07) is 0.386. The number of halogens is 1. The van der Waals surface area contributed by atoms with Gasteiger partial charge < -0.3 is 10.1 Å². The van der Waals surface area contributed by atoms with Gasteiger partial charge in [0.2, 0.25) is 0 Å². The summed E-state index contributed by atoms with van der Waals surface area (Å²) in [7, 11) is 0. The molecule has 0 aromatic carbocycles. The SMILES string of the molecule is ClC1=CC(C23CNCC2C3)=CCC1N1CCOCC1. The standard InChI is InChI=1S/C15H21ClN2O/c16-13-7-11(15-8-12(15)9-17-10-15)1-2-14(13)18-3-5-19-6-4-18/h1,7,12,14,17H,2-6,8-10H2. The van der Waals surface area contributed by atoms with Crippen LogP contribution in [0.25, 0.3) is 0 Å². The van der Waals surface area contributed by atoms with Crippen molar-refractivity contribution in [1.82, 2.24) is 10.2 Å². The van der Waals surface area contributed by atoms with Crippen molar-refractivity contribution in [3.63, 3.8) is 0 Å². The highest BCUT2D eigenvalue weighted by atomic mass is 35.5. The molecule has 4 rings (SSSR count). The minimum Gasteiger partial charge on any atom is -0.379 e. The molecular weight excluding hydrogens is 260 g/mol. The van der Waals surface area contributed by atoms with Crippen LogP contribution < -0.4 is 5.32 Å². The lowest BCUT2D eigenvalue weighted by atomic mass is 9.88. The highest BCUT2D eigenvalue weighted by Gasteiger charge is 2.58. The number of hydrogen-bond donors (Lipinski definition) is 1. The fourth-order valence-electron chi connectivity index (χ4n) is 4.00. The van der Waals surface area contributed by atoms with Crippen molar-refractivity contribution in [2.45, 2.75) is 18.9 Å². The molecule has 0 aromatic rings. The van der Waals surface area contributed by atoms with Gasteiger partial charge in [-0.15, -0.1) is 0 Å². The van der Waals surface area contributed by atoms with Gasteiger partial charge in [0.25, 0.3) is 0 Å². The summed E-state index contributed by atoms with van der Waals surface area (Å²) in [5.41, 5.74) is 1.94. The molecule has 3 atom stereocenters. The number of fused-ring (bicyclic) bond motifs is 1. The van der Waals surface area contributed by atoms with Crippen LogP contribution in [0.1, 0.15) is 12.8 Å². The normalized spacial score (nSPS) is 42.6. The van der Waals surface area contributed by atoms with Gasteiger partial charge in [-0.25, -0.2) is 0 Å². The molecule has 0 radical (unpaired) electrons.